The third kappa shape index (κ3) is 3.33. The number of hydrogen-bond acceptors (Lipinski definition) is 1. The van der Waals surface area contributed by atoms with Crippen molar-refractivity contribution in [1.29, 1.82) is 0 Å². The van der Waals surface area contributed by atoms with Gasteiger partial charge in [0, 0.05) is 4.47 Å². The Morgan fingerprint density at radius 2 is 2.23 bits per heavy atom. The van der Waals surface area contributed by atoms with E-state index in [2.05, 4.69) is 15.9 Å². The van der Waals surface area contributed by atoms with Crippen molar-refractivity contribution in [3.63, 3.8) is 0 Å². The summed E-state index contributed by atoms with van der Waals surface area (Å²) in [4.78, 5) is 0. The number of hydrogen-bond donors (Lipinski definition) is 1. The third-order valence-corrected chi connectivity index (χ3v) is 2.26. The summed E-state index contributed by atoms with van der Waals surface area (Å²) in [5.74, 6) is 0. The molecule has 70 valence electrons. The molecule has 0 aliphatic carbocycles. The number of benzene rings is 1. The third-order valence-electron chi connectivity index (χ3n) is 1.77. The van der Waals surface area contributed by atoms with Crippen LogP contribution in [0.1, 0.15) is 19.4 Å². The van der Waals surface area contributed by atoms with E-state index in [9.17, 15) is 0 Å². The predicted octanol–water partition coefficient (Wildman–Crippen LogP) is 3.23. The van der Waals surface area contributed by atoms with Crippen LogP contribution in [-0.4, -0.2) is 11.2 Å². The summed E-state index contributed by atoms with van der Waals surface area (Å²) in [5, 5.41) is 9.17. The number of aliphatic hydroxyl groups excluding tert-OH is 1. The van der Waals surface area contributed by atoms with Crippen LogP contribution in [0.4, 0.5) is 0 Å². The molecule has 0 aromatic heterocycles. The average molecular weight is 241 g/mol. The Balaban J connectivity index is 2.95. The van der Waals surface area contributed by atoms with E-state index in [1.807, 2.05) is 37.3 Å². The van der Waals surface area contributed by atoms with Gasteiger partial charge in [-0.1, -0.05) is 34.1 Å². The maximum absolute atomic E-state index is 9.17. The van der Waals surface area contributed by atoms with Crippen LogP contribution in [0.2, 0.25) is 0 Å². The lowest BCUT2D eigenvalue weighted by Gasteiger charge is -2.03. The predicted molar refractivity (Wildman–Crippen MR) is 59.5 cm³/mol. The molecular weight excluding hydrogens is 228 g/mol. The van der Waals surface area contributed by atoms with Crippen LogP contribution in [0, 0.1) is 0 Å². The van der Waals surface area contributed by atoms with Crippen molar-refractivity contribution in [3.05, 3.63) is 40.4 Å². The molecular formula is C11H13BrO. The Morgan fingerprint density at radius 1 is 1.54 bits per heavy atom. The van der Waals surface area contributed by atoms with E-state index < -0.39 is 0 Å². The molecule has 1 rings (SSSR count). The Hall–Kier alpha value is -0.600. The number of halogens is 1. The van der Waals surface area contributed by atoms with Crippen LogP contribution < -0.4 is 0 Å². The number of allylic oxidation sites excluding steroid dienone is 1. The fraction of sp³-hybridized carbons (Fsp3) is 0.273. The zero-order valence-electron chi connectivity index (χ0n) is 7.79. The summed E-state index contributed by atoms with van der Waals surface area (Å²) >= 11 is 3.41. The fourth-order valence-corrected chi connectivity index (χ4v) is 1.59. The highest BCUT2D eigenvalue weighted by molar-refractivity contribution is 9.10. The molecule has 0 bridgehead atoms. The Kier molecular flexibility index (Phi) is 3.70. The van der Waals surface area contributed by atoms with Gasteiger partial charge >= 0.3 is 0 Å². The second kappa shape index (κ2) is 4.58. The number of rotatable bonds is 2. The molecule has 0 saturated carbocycles. The Morgan fingerprint density at radius 3 is 2.77 bits per heavy atom. The minimum atomic E-state index is -0.390. The van der Waals surface area contributed by atoms with Gasteiger partial charge in [-0.05, 0) is 37.1 Å². The SMILES string of the molecule is C/C(=C/C(C)O)c1cccc(Br)c1. The summed E-state index contributed by atoms with van der Waals surface area (Å²) in [5.41, 5.74) is 2.23. The van der Waals surface area contributed by atoms with Gasteiger partial charge in [0.05, 0.1) is 6.10 Å². The first kappa shape index (κ1) is 10.5. The molecule has 2 heteroatoms. The molecule has 0 amide bonds. The van der Waals surface area contributed by atoms with Crippen molar-refractivity contribution < 1.29 is 5.11 Å². The normalized spacial score (nSPS) is 14.3. The first-order valence-electron chi connectivity index (χ1n) is 4.22. The first-order valence-corrected chi connectivity index (χ1v) is 5.01. The smallest absolute Gasteiger partial charge is 0.0698 e. The van der Waals surface area contributed by atoms with E-state index in [0.717, 1.165) is 15.6 Å². The molecule has 1 aromatic rings. The molecule has 1 atom stereocenters. The highest BCUT2D eigenvalue weighted by atomic mass is 79.9. The van der Waals surface area contributed by atoms with E-state index >= 15 is 0 Å². The van der Waals surface area contributed by atoms with E-state index in [0.29, 0.717) is 0 Å². The van der Waals surface area contributed by atoms with Gasteiger partial charge < -0.3 is 5.11 Å². The zero-order chi connectivity index (χ0) is 9.84. The Labute approximate surface area is 87.2 Å². The van der Waals surface area contributed by atoms with Crippen molar-refractivity contribution in [2.45, 2.75) is 20.0 Å². The van der Waals surface area contributed by atoms with Crippen molar-refractivity contribution >= 4 is 21.5 Å². The maximum atomic E-state index is 9.17. The van der Waals surface area contributed by atoms with E-state index in [4.69, 9.17) is 5.11 Å². The lowest BCUT2D eigenvalue weighted by Crippen LogP contribution is -1.94. The zero-order valence-corrected chi connectivity index (χ0v) is 9.38. The molecule has 1 nitrogen and oxygen atoms in total. The van der Waals surface area contributed by atoms with E-state index in [-0.39, 0.29) is 6.10 Å². The first-order chi connectivity index (χ1) is 6.09. The molecule has 1 aromatic carbocycles. The fourth-order valence-electron chi connectivity index (χ4n) is 1.19. The molecule has 0 fully saturated rings. The van der Waals surface area contributed by atoms with Crippen molar-refractivity contribution in [3.8, 4) is 0 Å². The Bertz CT molecular complexity index is 316. The van der Waals surface area contributed by atoms with Crippen LogP contribution in [0.5, 0.6) is 0 Å². The molecule has 1 unspecified atom stereocenters. The van der Waals surface area contributed by atoms with Crippen molar-refractivity contribution in [2.24, 2.45) is 0 Å². The lowest BCUT2D eigenvalue weighted by atomic mass is 10.1. The highest BCUT2D eigenvalue weighted by Gasteiger charge is 1.97. The highest BCUT2D eigenvalue weighted by Crippen LogP contribution is 2.18. The van der Waals surface area contributed by atoms with Crippen LogP contribution >= 0.6 is 15.9 Å². The monoisotopic (exact) mass is 240 g/mol. The molecule has 0 aliphatic rings. The van der Waals surface area contributed by atoms with Gasteiger partial charge in [0.25, 0.3) is 0 Å². The maximum Gasteiger partial charge on any atom is 0.0698 e. The van der Waals surface area contributed by atoms with Gasteiger partial charge in [-0.25, -0.2) is 0 Å². The van der Waals surface area contributed by atoms with E-state index in [1.54, 1.807) is 6.92 Å². The van der Waals surface area contributed by atoms with Crippen molar-refractivity contribution in [1.82, 2.24) is 0 Å². The standard InChI is InChI=1S/C11H13BrO/c1-8(6-9(2)13)10-4-3-5-11(12)7-10/h3-7,9,13H,1-2H3/b8-6-. The second-order valence-electron chi connectivity index (χ2n) is 3.10. The topological polar surface area (TPSA) is 20.2 Å². The molecule has 0 aliphatic heterocycles. The number of aliphatic hydroxyl groups is 1. The summed E-state index contributed by atoms with van der Waals surface area (Å²) in [7, 11) is 0. The molecule has 0 saturated heterocycles. The average Bonchev–Trinajstić information content (AvgIpc) is 2.03. The minimum Gasteiger partial charge on any atom is -0.389 e. The van der Waals surface area contributed by atoms with Crippen LogP contribution in [-0.2, 0) is 0 Å². The summed E-state index contributed by atoms with van der Waals surface area (Å²) < 4.78 is 1.06. The van der Waals surface area contributed by atoms with Crippen LogP contribution in [0.15, 0.2) is 34.8 Å². The van der Waals surface area contributed by atoms with Gasteiger partial charge in [-0.15, -0.1) is 0 Å². The molecule has 0 radical (unpaired) electrons. The molecule has 0 heterocycles. The van der Waals surface area contributed by atoms with Gasteiger partial charge in [0.1, 0.15) is 0 Å². The van der Waals surface area contributed by atoms with Crippen molar-refractivity contribution in [2.75, 3.05) is 0 Å². The van der Waals surface area contributed by atoms with E-state index in [1.165, 1.54) is 0 Å². The van der Waals surface area contributed by atoms with Crippen LogP contribution in [0.3, 0.4) is 0 Å². The largest absolute Gasteiger partial charge is 0.389 e. The second-order valence-corrected chi connectivity index (χ2v) is 4.02. The van der Waals surface area contributed by atoms with Gasteiger partial charge in [0.15, 0.2) is 0 Å². The summed E-state index contributed by atoms with van der Waals surface area (Å²) in [6.45, 7) is 3.75. The van der Waals surface area contributed by atoms with Crippen LogP contribution in [0.25, 0.3) is 5.57 Å². The lowest BCUT2D eigenvalue weighted by molar-refractivity contribution is 0.244. The minimum absolute atomic E-state index is 0.390. The molecule has 0 spiro atoms. The summed E-state index contributed by atoms with van der Waals surface area (Å²) in [6, 6.07) is 8.03. The summed E-state index contributed by atoms with van der Waals surface area (Å²) in [6.07, 6.45) is 1.45. The molecule has 1 N–H and O–H groups in total. The molecule has 13 heavy (non-hydrogen) atoms. The van der Waals surface area contributed by atoms with Gasteiger partial charge in [-0.2, -0.15) is 0 Å². The van der Waals surface area contributed by atoms with Gasteiger partial charge in [0.2, 0.25) is 0 Å². The quantitative estimate of drug-likeness (QED) is 0.842. The van der Waals surface area contributed by atoms with Gasteiger partial charge in [-0.3, -0.25) is 0 Å².